The van der Waals surface area contributed by atoms with E-state index in [1.165, 1.54) is 6.07 Å². The fourth-order valence-electron chi connectivity index (χ4n) is 4.36. The smallest absolute Gasteiger partial charge is 0.226 e. The van der Waals surface area contributed by atoms with Gasteiger partial charge in [-0.3, -0.25) is 9.25 Å². The van der Waals surface area contributed by atoms with Gasteiger partial charge >= 0.3 is 0 Å². The molecule has 0 spiro atoms. The van der Waals surface area contributed by atoms with E-state index in [2.05, 4.69) is 15.4 Å². The maximum Gasteiger partial charge on any atom is 0.226 e. The van der Waals surface area contributed by atoms with E-state index < -0.39 is 0 Å². The molecule has 2 aliphatic heterocycles. The molecule has 3 aromatic rings. The molecule has 0 aliphatic carbocycles. The Hall–Kier alpha value is -3.20. The highest BCUT2D eigenvalue weighted by atomic mass is 19.1. The van der Waals surface area contributed by atoms with Gasteiger partial charge in [-0.2, -0.15) is 5.10 Å². The van der Waals surface area contributed by atoms with Crippen molar-refractivity contribution in [2.75, 3.05) is 11.9 Å². The Labute approximate surface area is 179 Å². The van der Waals surface area contributed by atoms with Gasteiger partial charge in [0.25, 0.3) is 0 Å². The average Bonchev–Trinajstić information content (AvgIpc) is 3.45. The Morgan fingerprint density at radius 1 is 1.42 bits per heavy atom. The number of benzene rings is 1. The number of fused-ring (bicyclic) bond motifs is 2. The van der Waals surface area contributed by atoms with Gasteiger partial charge in [0.1, 0.15) is 17.4 Å². The van der Waals surface area contributed by atoms with Crippen LogP contribution < -0.4 is 21.4 Å². The number of aromatic nitrogens is 4. The van der Waals surface area contributed by atoms with Crippen molar-refractivity contribution in [1.29, 1.82) is 0 Å². The predicted octanol–water partition coefficient (Wildman–Crippen LogP) is 1.91. The van der Waals surface area contributed by atoms with Crippen molar-refractivity contribution in [2.45, 2.75) is 45.4 Å². The van der Waals surface area contributed by atoms with Crippen molar-refractivity contribution in [2.24, 2.45) is 17.8 Å². The van der Waals surface area contributed by atoms with E-state index in [1.807, 2.05) is 36.2 Å². The first kappa shape index (κ1) is 19.7. The van der Waals surface area contributed by atoms with Crippen LogP contribution in [0.15, 0.2) is 29.4 Å². The average molecular weight is 423 g/mol. The molecule has 0 radical (unpaired) electrons. The SMILES string of the molecule is Cc1cc(-c2cnc(=NCc3c(F)ccc4c3CCO4)n3c2NC([C@@H](C)N)C3)n(C)n1. The minimum absolute atomic E-state index is 0.0531. The van der Waals surface area contributed by atoms with E-state index in [9.17, 15) is 4.39 Å². The Morgan fingerprint density at radius 3 is 3.00 bits per heavy atom. The van der Waals surface area contributed by atoms with Crippen LogP contribution in [-0.4, -0.2) is 38.0 Å². The summed E-state index contributed by atoms with van der Waals surface area (Å²) in [5.74, 6) is 1.39. The first-order chi connectivity index (χ1) is 14.9. The number of ether oxygens (including phenoxy) is 1. The van der Waals surface area contributed by atoms with Crippen molar-refractivity contribution in [1.82, 2.24) is 19.3 Å². The molecular formula is C22H26FN7O. The van der Waals surface area contributed by atoms with Crippen molar-refractivity contribution < 1.29 is 9.13 Å². The van der Waals surface area contributed by atoms with Crippen LogP contribution in [-0.2, 0) is 26.6 Å². The maximum atomic E-state index is 14.5. The number of nitrogens with two attached hydrogens (primary N) is 1. The molecule has 0 saturated heterocycles. The number of nitrogens with one attached hydrogen (secondary N) is 1. The summed E-state index contributed by atoms with van der Waals surface area (Å²) in [6, 6.07) is 5.16. The van der Waals surface area contributed by atoms with Crippen LogP contribution in [0.4, 0.5) is 10.2 Å². The quantitative estimate of drug-likeness (QED) is 0.668. The van der Waals surface area contributed by atoms with Gasteiger partial charge in [0.2, 0.25) is 5.62 Å². The molecule has 0 bridgehead atoms. The number of hydrogen-bond acceptors (Lipinski definition) is 6. The molecule has 162 valence electrons. The highest BCUT2D eigenvalue weighted by Crippen LogP contribution is 2.32. The molecule has 1 aromatic carbocycles. The lowest BCUT2D eigenvalue weighted by Crippen LogP contribution is -2.37. The molecule has 2 aromatic heterocycles. The molecule has 0 saturated carbocycles. The number of halogens is 1. The van der Waals surface area contributed by atoms with E-state index in [-0.39, 0.29) is 24.4 Å². The van der Waals surface area contributed by atoms with Gasteiger partial charge in [-0.05, 0) is 32.0 Å². The summed E-state index contributed by atoms with van der Waals surface area (Å²) in [6.07, 6.45) is 2.50. The molecule has 8 nitrogen and oxygen atoms in total. The molecular weight excluding hydrogens is 397 g/mol. The van der Waals surface area contributed by atoms with Gasteiger partial charge in [-0.15, -0.1) is 0 Å². The summed E-state index contributed by atoms with van der Waals surface area (Å²) in [7, 11) is 1.91. The molecule has 31 heavy (non-hydrogen) atoms. The third-order valence-electron chi connectivity index (χ3n) is 6.01. The number of anilines is 1. The molecule has 2 aliphatic rings. The van der Waals surface area contributed by atoms with Crippen LogP contribution in [0, 0.1) is 12.7 Å². The van der Waals surface area contributed by atoms with Gasteiger partial charge in [0.05, 0.1) is 36.1 Å². The summed E-state index contributed by atoms with van der Waals surface area (Å²) in [5, 5.41) is 7.99. The Bertz CT molecular complexity index is 1230. The van der Waals surface area contributed by atoms with Crippen molar-refractivity contribution in [3.63, 3.8) is 0 Å². The van der Waals surface area contributed by atoms with Gasteiger partial charge in [0.15, 0.2) is 0 Å². The van der Waals surface area contributed by atoms with Crippen LogP contribution in [0.5, 0.6) is 5.75 Å². The van der Waals surface area contributed by atoms with Crippen LogP contribution >= 0.6 is 0 Å². The maximum absolute atomic E-state index is 14.5. The standard InChI is InChI=1S/C22H26FN7O/c1-12-8-19(29(3)28-12)16-10-26-22(30-11-18(13(2)24)27-21(16)30)25-9-15-14-6-7-31-20(14)5-4-17(15)23/h4-5,8,10,13,18,27H,6-7,9,11,24H2,1-3H3/t13-,18?/m1/s1. The third kappa shape index (κ3) is 3.38. The minimum atomic E-state index is -0.261. The second kappa shape index (κ2) is 7.49. The molecule has 3 N–H and O–H groups in total. The number of aryl methyl sites for hydroxylation is 2. The number of hydrogen-bond donors (Lipinski definition) is 2. The number of nitrogens with zero attached hydrogens (tertiary/aromatic N) is 5. The molecule has 2 atom stereocenters. The summed E-state index contributed by atoms with van der Waals surface area (Å²) < 4.78 is 24.0. The van der Waals surface area contributed by atoms with Gasteiger partial charge in [-0.25, -0.2) is 14.4 Å². The lowest BCUT2D eigenvalue weighted by molar-refractivity contribution is 0.356. The molecule has 5 rings (SSSR count). The first-order valence-electron chi connectivity index (χ1n) is 10.5. The first-order valence-corrected chi connectivity index (χ1v) is 10.5. The van der Waals surface area contributed by atoms with E-state index in [0.717, 1.165) is 34.1 Å². The summed E-state index contributed by atoms with van der Waals surface area (Å²) in [6.45, 7) is 5.36. The summed E-state index contributed by atoms with van der Waals surface area (Å²) >= 11 is 0. The lowest BCUT2D eigenvalue weighted by atomic mass is 10.0. The van der Waals surface area contributed by atoms with Gasteiger partial charge in [0, 0.05) is 43.4 Å². The Balaban J connectivity index is 1.59. The minimum Gasteiger partial charge on any atom is -0.493 e. The second-order valence-electron chi connectivity index (χ2n) is 8.25. The predicted molar refractivity (Wildman–Crippen MR) is 115 cm³/mol. The third-order valence-corrected chi connectivity index (χ3v) is 6.01. The normalized spacial score (nSPS) is 18.5. The monoisotopic (exact) mass is 423 g/mol. The fourth-order valence-corrected chi connectivity index (χ4v) is 4.36. The van der Waals surface area contributed by atoms with E-state index in [4.69, 9.17) is 15.5 Å². The zero-order valence-corrected chi connectivity index (χ0v) is 17.9. The van der Waals surface area contributed by atoms with E-state index in [0.29, 0.717) is 30.8 Å². The molecule has 4 heterocycles. The fraction of sp³-hybridized carbons (Fsp3) is 0.409. The highest BCUT2D eigenvalue weighted by molar-refractivity contribution is 5.73. The van der Waals surface area contributed by atoms with Crippen molar-refractivity contribution in [3.05, 3.63) is 52.7 Å². The van der Waals surface area contributed by atoms with Crippen LogP contribution in [0.2, 0.25) is 0 Å². The zero-order valence-electron chi connectivity index (χ0n) is 17.9. The van der Waals surface area contributed by atoms with Gasteiger partial charge in [-0.1, -0.05) is 0 Å². The lowest BCUT2D eigenvalue weighted by Gasteiger charge is -2.14. The van der Waals surface area contributed by atoms with E-state index >= 15 is 0 Å². The molecule has 0 fully saturated rings. The summed E-state index contributed by atoms with van der Waals surface area (Å²) in [5.41, 5.74) is 11.0. The van der Waals surface area contributed by atoms with Crippen molar-refractivity contribution in [3.8, 4) is 17.0 Å². The molecule has 0 amide bonds. The van der Waals surface area contributed by atoms with Crippen molar-refractivity contribution >= 4 is 5.82 Å². The van der Waals surface area contributed by atoms with Crippen LogP contribution in [0.3, 0.4) is 0 Å². The molecule has 1 unspecified atom stereocenters. The van der Waals surface area contributed by atoms with Gasteiger partial charge < -0.3 is 15.8 Å². The topological polar surface area (TPSA) is 95.3 Å². The highest BCUT2D eigenvalue weighted by Gasteiger charge is 2.28. The second-order valence-corrected chi connectivity index (χ2v) is 8.25. The Morgan fingerprint density at radius 2 is 2.26 bits per heavy atom. The molecule has 9 heteroatoms. The number of rotatable bonds is 4. The Kier molecular flexibility index (Phi) is 4.77. The van der Waals surface area contributed by atoms with Crippen LogP contribution in [0.1, 0.15) is 23.7 Å². The van der Waals surface area contributed by atoms with E-state index in [1.54, 1.807) is 12.3 Å². The zero-order chi connectivity index (χ0) is 21.7. The largest absolute Gasteiger partial charge is 0.493 e. The summed E-state index contributed by atoms with van der Waals surface area (Å²) in [4.78, 5) is 9.33. The van der Waals surface area contributed by atoms with Crippen LogP contribution in [0.25, 0.3) is 11.3 Å².